The lowest BCUT2D eigenvalue weighted by Gasteiger charge is -2.45. The number of fused-ring (bicyclic) bond motifs is 1. The minimum absolute atomic E-state index is 0.0389. The number of aliphatic hydroxyl groups is 1. The third-order valence-electron chi connectivity index (χ3n) is 8.40. The van der Waals surface area contributed by atoms with Crippen molar-refractivity contribution in [3.05, 3.63) is 12.2 Å². The van der Waals surface area contributed by atoms with Gasteiger partial charge in [0.25, 0.3) is 0 Å². The van der Waals surface area contributed by atoms with Crippen molar-refractivity contribution in [1.29, 1.82) is 0 Å². The van der Waals surface area contributed by atoms with Crippen molar-refractivity contribution in [3.63, 3.8) is 0 Å². The van der Waals surface area contributed by atoms with Crippen LogP contribution in [0.4, 0.5) is 0 Å². The van der Waals surface area contributed by atoms with Crippen LogP contribution in [0.25, 0.3) is 0 Å². The van der Waals surface area contributed by atoms with E-state index in [1.807, 2.05) is 26.0 Å². The summed E-state index contributed by atoms with van der Waals surface area (Å²) in [5.74, 6) is -1.91. The average Bonchev–Trinajstić information content (AvgIpc) is 2.88. The van der Waals surface area contributed by atoms with Crippen LogP contribution in [-0.4, -0.2) is 33.4 Å². The summed E-state index contributed by atoms with van der Waals surface area (Å²) in [5, 5.41) is 21.2. The first-order valence-corrected chi connectivity index (χ1v) is 9.06. The Hall–Kier alpha value is -1.36. The van der Waals surface area contributed by atoms with Gasteiger partial charge < -0.3 is 14.9 Å². The molecule has 1 unspecified atom stereocenters. The second-order valence-electron chi connectivity index (χ2n) is 9.24. The molecular weight excluding hydrogens is 308 g/mol. The number of rotatable bonds is 1. The lowest BCUT2D eigenvalue weighted by Crippen LogP contribution is -2.47. The smallest absolute Gasteiger partial charge is 0.316 e. The Labute approximate surface area is 141 Å². The van der Waals surface area contributed by atoms with Gasteiger partial charge in [-0.15, -0.1) is 0 Å². The van der Waals surface area contributed by atoms with E-state index < -0.39 is 33.9 Å². The van der Waals surface area contributed by atoms with Crippen LogP contribution in [0.3, 0.4) is 0 Å². The summed E-state index contributed by atoms with van der Waals surface area (Å²) in [6.07, 6.45) is 7.18. The fourth-order valence-corrected chi connectivity index (χ4v) is 7.63. The topological polar surface area (TPSA) is 83.8 Å². The minimum atomic E-state index is -0.850. The van der Waals surface area contributed by atoms with Crippen molar-refractivity contribution in [2.24, 2.45) is 34.5 Å². The highest BCUT2D eigenvalue weighted by atomic mass is 16.6. The third kappa shape index (κ3) is 1.29. The van der Waals surface area contributed by atoms with Gasteiger partial charge in [0.05, 0.1) is 16.9 Å². The number of carboxylic acid groups (broad SMARTS) is 1. The summed E-state index contributed by atoms with van der Waals surface area (Å²) in [4.78, 5) is 25.0. The number of hydrogen-bond donors (Lipinski definition) is 2. The second kappa shape index (κ2) is 3.90. The number of aliphatic carboxylic acids is 1. The van der Waals surface area contributed by atoms with Crippen molar-refractivity contribution in [3.8, 4) is 0 Å². The molecule has 1 spiro atoms. The molecule has 3 saturated carbocycles. The van der Waals surface area contributed by atoms with E-state index >= 15 is 0 Å². The van der Waals surface area contributed by atoms with Gasteiger partial charge in [-0.25, -0.2) is 0 Å². The molecular formula is C19H24O5. The summed E-state index contributed by atoms with van der Waals surface area (Å²) < 4.78 is 6.02. The third-order valence-corrected chi connectivity index (χ3v) is 8.40. The van der Waals surface area contributed by atoms with Crippen LogP contribution in [-0.2, 0) is 14.3 Å². The average molecular weight is 332 g/mol. The fourth-order valence-electron chi connectivity index (χ4n) is 7.63. The van der Waals surface area contributed by atoms with Crippen molar-refractivity contribution in [2.75, 3.05) is 0 Å². The molecule has 1 saturated heterocycles. The molecule has 2 N–H and O–H groups in total. The van der Waals surface area contributed by atoms with Crippen LogP contribution in [0.1, 0.15) is 46.0 Å². The van der Waals surface area contributed by atoms with E-state index in [9.17, 15) is 19.8 Å². The lowest BCUT2D eigenvalue weighted by atomic mass is 9.62. The predicted octanol–water partition coefficient (Wildman–Crippen LogP) is 2.14. The van der Waals surface area contributed by atoms with Crippen molar-refractivity contribution in [2.45, 2.75) is 57.2 Å². The number of carbonyl (C=O) groups is 2. The summed E-state index contributed by atoms with van der Waals surface area (Å²) in [5.41, 5.74) is -2.74. The summed E-state index contributed by atoms with van der Waals surface area (Å²) in [6, 6.07) is 0. The van der Waals surface area contributed by atoms with E-state index in [0.29, 0.717) is 19.3 Å². The Kier molecular flexibility index (Phi) is 2.43. The highest BCUT2D eigenvalue weighted by molar-refractivity contribution is 5.86. The van der Waals surface area contributed by atoms with E-state index in [1.54, 1.807) is 0 Å². The molecule has 0 aromatic carbocycles. The first kappa shape index (κ1) is 14.9. The number of ether oxygens (including phenoxy) is 1. The fraction of sp³-hybridized carbons (Fsp3) is 0.789. The van der Waals surface area contributed by atoms with Gasteiger partial charge in [0, 0.05) is 18.3 Å². The molecule has 5 rings (SSSR count). The zero-order chi connectivity index (χ0) is 17.1. The molecule has 4 fully saturated rings. The van der Waals surface area contributed by atoms with E-state index in [1.165, 1.54) is 0 Å². The standard InChI is InChI=1S/C19H24O5/c1-10-8-17-9-18(10,23)7-4-11(17)19-6-3-5-16(2,15(22)24-19)13(19)12(17)14(20)21/h3,5,10-13,23H,4,6-9H2,1-2H3,(H,20,21)/t10-,11-,12-,13-,16?,17+,18+,19-/m1/s1. The molecule has 4 bridgehead atoms. The zero-order valence-corrected chi connectivity index (χ0v) is 14.1. The first-order valence-electron chi connectivity index (χ1n) is 9.06. The Morgan fingerprint density at radius 3 is 2.88 bits per heavy atom. The zero-order valence-electron chi connectivity index (χ0n) is 14.1. The van der Waals surface area contributed by atoms with E-state index in [4.69, 9.17) is 4.74 Å². The van der Waals surface area contributed by atoms with Crippen LogP contribution in [0.15, 0.2) is 12.2 Å². The molecule has 1 aliphatic heterocycles. The van der Waals surface area contributed by atoms with Gasteiger partial charge in [0.15, 0.2) is 0 Å². The Balaban J connectivity index is 1.75. The van der Waals surface area contributed by atoms with Crippen LogP contribution < -0.4 is 0 Å². The van der Waals surface area contributed by atoms with Gasteiger partial charge in [0.2, 0.25) is 0 Å². The highest BCUT2D eigenvalue weighted by Gasteiger charge is 2.82. The summed E-state index contributed by atoms with van der Waals surface area (Å²) in [6.45, 7) is 3.88. The molecule has 0 radical (unpaired) electrons. The van der Waals surface area contributed by atoms with Crippen LogP contribution in [0.5, 0.6) is 0 Å². The Morgan fingerprint density at radius 1 is 1.42 bits per heavy atom. The van der Waals surface area contributed by atoms with Crippen LogP contribution >= 0.6 is 0 Å². The van der Waals surface area contributed by atoms with Crippen molar-refractivity contribution >= 4 is 11.9 Å². The molecule has 0 amide bonds. The van der Waals surface area contributed by atoms with Crippen LogP contribution in [0, 0.1) is 34.5 Å². The highest BCUT2D eigenvalue weighted by Crippen LogP contribution is 2.77. The first-order chi connectivity index (χ1) is 11.2. The lowest BCUT2D eigenvalue weighted by molar-refractivity contribution is -0.162. The molecule has 8 atom stereocenters. The van der Waals surface area contributed by atoms with Gasteiger partial charge in [-0.3, -0.25) is 9.59 Å². The molecule has 5 nitrogen and oxygen atoms in total. The summed E-state index contributed by atoms with van der Waals surface area (Å²) in [7, 11) is 0. The maximum Gasteiger partial charge on any atom is 0.316 e. The number of carboxylic acids is 1. The van der Waals surface area contributed by atoms with E-state index in [0.717, 1.165) is 12.8 Å². The predicted molar refractivity (Wildman–Crippen MR) is 83.8 cm³/mol. The second-order valence-corrected chi connectivity index (χ2v) is 9.24. The molecule has 5 aliphatic rings. The SMILES string of the molecule is C[C@@H]1C[C@]23C[C@@]1(O)CC[C@H]2[C@@]12CC=CC(C)(C(=O)O1)[C@H]2[C@@H]3C(=O)O. The quantitative estimate of drug-likeness (QED) is 0.568. The Morgan fingerprint density at radius 2 is 2.17 bits per heavy atom. The largest absolute Gasteiger partial charge is 0.481 e. The molecule has 24 heavy (non-hydrogen) atoms. The van der Waals surface area contributed by atoms with Gasteiger partial charge in [0.1, 0.15) is 5.60 Å². The minimum Gasteiger partial charge on any atom is -0.481 e. The molecule has 0 aromatic heterocycles. The van der Waals surface area contributed by atoms with E-state index in [2.05, 4.69) is 0 Å². The van der Waals surface area contributed by atoms with Crippen molar-refractivity contribution in [1.82, 2.24) is 0 Å². The number of carbonyl (C=O) groups excluding carboxylic acids is 1. The normalized spacial score (nSPS) is 59.9. The van der Waals surface area contributed by atoms with Gasteiger partial charge in [-0.1, -0.05) is 19.1 Å². The molecule has 4 aliphatic carbocycles. The van der Waals surface area contributed by atoms with Gasteiger partial charge >= 0.3 is 11.9 Å². The Bertz CT molecular complexity index is 700. The van der Waals surface area contributed by atoms with E-state index in [-0.39, 0.29) is 23.7 Å². The van der Waals surface area contributed by atoms with Crippen molar-refractivity contribution < 1.29 is 24.5 Å². The molecule has 5 heteroatoms. The van der Waals surface area contributed by atoms with Gasteiger partial charge in [-0.2, -0.15) is 0 Å². The molecule has 1 heterocycles. The molecule has 0 aromatic rings. The number of esters is 1. The summed E-state index contributed by atoms with van der Waals surface area (Å²) >= 11 is 0. The monoisotopic (exact) mass is 332 g/mol. The van der Waals surface area contributed by atoms with Gasteiger partial charge in [-0.05, 0) is 43.9 Å². The van der Waals surface area contributed by atoms with Crippen LogP contribution in [0.2, 0.25) is 0 Å². The number of hydrogen-bond acceptors (Lipinski definition) is 4. The maximum absolute atomic E-state index is 12.6. The molecule has 130 valence electrons. The maximum atomic E-state index is 12.6.